The van der Waals surface area contributed by atoms with Crippen molar-refractivity contribution in [2.24, 2.45) is 0 Å². The number of amides is 1. The molecule has 0 aliphatic carbocycles. The van der Waals surface area contributed by atoms with Gasteiger partial charge < -0.3 is 14.8 Å². The highest BCUT2D eigenvalue weighted by molar-refractivity contribution is 7.88. The summed E-state index contributed by atoms with van der Waals surface area (Å²) in [5.74, 6) is -0.204. The lowest BCUT2D eigenvalue weighted by atomic mass is 10.2. The minimum Gasteiger partial charge on any atom is -0.467 e. The van der Waals surface area contributed by atoms with Gasteiger partial charge in [0.15, 0.2) is 0 Å². The number of methoxy groups -OCH3 is 2. The number of hydrogen-bond acceptors (Lipinski definition) is 4. The van der Waals surface area contributed by atoms with Gasteiger partial charge in [-0.3, -0.25) is 0 Å². The van der Waals surface area contributed by atoms with E-state index in [9.17, 15) is 9.59 Å². The van der Waals surface area contributed by atoms with E-state index in [-0.39, 0.29) is 0 Å². The summed E-state index contributed by atoms with van der Waals surface area (Å²) < 4.78 is 9.06. The maximum Gasteiger partial charge on any atom is 0.407 e. The summed E-state index contributed by atoms with van der Waals surface area (Å²) in [6.45, 7) is 0. The molecule has 1 N–H and O–H groups in total. The molecule has 0 aliphatic rings. The minimum absolute atomic E-state index is 0.316. The number of ether oxygens (including phenoxy) is 2. The van der Waals surface area contributed by atoms with Crippen LogP contribution < -0.4 is 5.32 Å². The van der Waals surface area contributed by atoms with Gasteiger partial charge in [-0.2, -0.15) is 0 Å². The van der Waals surface area contributed by atoms with Crippen LogP contribution in [-0.2, 0) is 14.3 Å². The molecule has 19 heavy (non-hydrogen) atoms. The third-order valence-corrected chi connectivity index (χ3v) is 3.06. The third kappa shape index (κ3) is 5.42. The number of nitrogens with one attached hydrogen (secondary N) is 1. The third-order valence-electron chi connectivity index (χ3n) is 2.18. The van der Waals surface area contributed by atoms with E-state index in [4.69, 9.17) is 0 Å². The van der Waals surface area contributed by atoms with Gasteiger partial charge in [0.2, 0.25) is 0 Å². The largest absolute Gasteiger partial charge is 0.467 e. The van der Waals surface area contributed by atoms with Crippen molar-refractivity contribution in [3.05, 3.63) is 35.9 Å². The van der Waals surface area contributed by atoms with Crippen LogP contribution in [0.3, 0.4) is 0 Å². The van der Waals surface area contributed by atoms with Crippen molar-refractivity contribution in [2.75, 3.05) is 20.0 Å². The second-order valence-corrected chi connectivity index (χ2v) is 4.32. The zero-order valence-electron chi connectivity index (χ0n) is 10.7. The van der Waals surface area contributed by atoms with Gasteiger partial charge in [-0.15, -0.1) is 11.2 Å². The first kappa shape index (κ1) is 15.0. The Labute approximate surface area is 115 Å². The topological polar surface area (TPSA) is 64.6 Å². The van der Waals surface area contributed by atoms with Crippen LogP contribution >= 0.6 is 11.2 Å². The molecule has 1 atom stereocenters. The first-order chi connectivity index (χ1) is 9.17. The zero-order valence-corrected chi connectivity index (χ0v) is 11.5. The van der Waals surface area contributed by atoms with Crippen LogP contribution in [0.5, 0.6) is 0 Å². The quantitative estimate of drug-likeness (QED) is 0.855. The highest BCUT2D eigenvalue weighted by Crippen LogP contribution is 2.00. The first-order valence-corrected chi connectivity index (χ1v) is 6.51. The number of carbonyl (C=O) groups is 2. The summed E-state index contributed by atoms with van der Waals surface area (Å²) in [6.07, 6.45) is -0.671. The SMILES string of the molecule is COC(=O)N[C@H](CS#Cc1ccccc1)C(=O)OC. The summed E-state index contributed by atoms with van der Waals surface area (Å²) in [5.41, 5.74) is 0.911. The van der Waals surface area contributed by atoms with Gasteiger partial charge in [0.25, 0.3) is 0 Å². The molecule has 0 aromatic heterocycles. The van der Waals surface area contributed by atoms with Crippen LogP contribution in [0.15, 0.2) is 30.3 Å². The van der Waals surface area contributed by atoms with E-state index in [2.05, 4.69) is 20.0 Å². The smallest absolute Gasteiger partial charge is 0.407 e. The van der Waals surface area contributed by atoms with E-state index >= 15 is 0 Å². The van der Waals surface area contributed by atoms with E-state index in [1.54, 1.807) is 0 Å². The van der Waals surface area contributed by atoms with Gasteiger partial charge in [-0.1, -0.05) is 23.4 Å². The molecule has 1 aromatic carbocycles. The Morgan fingerprint density at radius 2 is 1.95 bits per heavy atom. The van der Waals surface area contributed by atoms with Crippen molar-refractivity contribution >= 4 is 23.2 Å². The highest BCUT2D eigenvalue weighted by atomic mass is 32.1. The molecule has 1 aromatic rings. The lowest BCUT2D eigenvalue weighted by Crippen LogP contribution is -2.42. The molecule has 5 nitrogen and oxygen atoms in total. The normalized spacial score (nSPS) is 10.8. The van der Waals surface area contributed by atoms with Gasteiger partial charge >= 0.3 is 12.1 Å². The van der Waals surface area contributed by atoms with Gasteiger partial charge in [0.1, 0.15) is 6.04 Å². The number of alkyl carbamates (subject to hydrolysis) is 1. The van der Waals surface area contributed by atoms with Crippen molar-refractivity contribution < 1.29 is 19.1 Å². The van der Waals surface area contributed by atoms with E-state index in [1.165, 1.54) is 25.4 Å². The highest BCUT2D eigenvalue weighted by Gasteiger charge is 2.20. The Morgan fingerprint density at radius 1 is 1.26 bits per heavy atom. The average molecular weight is 281 g/mol. The number of esters is 1. The maximum atomic E-state index is 11.5. The van der Waals surface area contributed by atoms with Gasteiger partial charge in [-0.05, 0) is 12.1 Å². The Bertz CT molecular complexity index is 492. The molecule has 0 heterocycles. The molecule has 102 valence electrons. The predicted molar refractivity (Wildman–Crippen MR) is 73.2 cm³/mol. The Hall–Kier alpha value is -2.04. The first-order valence-electron chi connectivity index (χ1n) is 5.52. The molecular weight excluding hydrogens is 266 g/mol. The molecule has 6 heteroatoms. The fourth-order valence-electron chi connectivity index (χ4n) is 1.23. The predicted octanol–water partition coefficient (Wildman–Crippen LogP) is 1.62. The van der Waals surface area contributed by atoms with Crippen LogP contribution in [0.4, 0.5) is 4.79 Å². The van der Waals surface area contributed by atoms with Crippen molar-refractivity contribution in [1.29, 1.82) is 0 Å². The molecule has 0 spiro atoms. The van der Waals surface area contributed by atoms with Crippen LogP contribution in [0.1, 0.15) is 5.56 Å². The fourth-order valence-corrected chi connectivity index (χ4v) is 2.00. The molecule has 0 bridgehead atoms. The van der Waals surface area contributed by atoms with Crippen molar-refractivity contribution in [3.8, 4) is 5.18 Å². The monoisotopic (exact) mass is 281 g/mol. The molecule has 1 rings (SSSR count). The molecule has 0 saturated heterocycles. The van der Waals surface area contributed by atoms with Crippen LogP contribution in [0.2, 0.25) is 0 Å². The molecular formula is C13H15NO4S. The molecule has 0 radical (unpaired) electrons. The molecule has 1 amide bonds. The summed E-state index contributed by atoms with van der Waals surface area (Å²) in [7, 11) is 2.50. The number of benzene rings is 1. The summed E-state index contributed by atoms with van der Waals surface area (Å²) in [6, 6.07) is 8.73. The Morgan fingerprint density at radius 3 is 2.53 bits per heavy atom. The van der Waals surface area contributed by atoms with E-state index < -0.39 is 18.1 Å². The lowest BCUT2D eigenvalue weighted by Gasteiger charge is -2.12. The number of rotatable bonds is 3. The fraction of sp³-hybridized carbons (Fsp3) is 0.308. The lowest BCUT2D eigenvalue weighted by molar-refractivity contribution is -0.142. The van der Waals surface area contributed by atoms with E-state index in [1.807, 2.05) is 30.3 Å². The second-order valence-electron chi connectivity index (χ2n) is 3.49. The zero-order chi connectivity index (χ0) is 14.1. The van der Waals surface area contributed by atoms with Crippen LogP contribution in [-0.4, -0.2) is 38.1 Å². The Balaban J connectivity index is 2.66. The summed E-state index contributed by atoms with van der Waals surface area (Å²) in [4.78, 5) is 22.6. The molecule has 0 aliphatic heterocycles. The van der Waals surface area contributed by atoms with Gasteiger partial charge in [0, 0.05) is 11.3 Å². The average Bonchev–Trinajstić information content (AvgIpc) is 2.46. The minimum atomic E-state index is -0.765. The van der Waals surface area contributed by atoms with Gasteiger partial charge in [0.05, 0.1) is 14.2 Å². The molecule has 0 saturated carbocycles. The molecule has 0 fully saturated rings. The van der Waals surface area contributed by atoms with Crippen LogP contribution in [0.25, 0.3) is 0 Å². The number of hydrogen-bond donors (Lipinski definition) is 1. The second kappa shape index (κ2) is 8.13. The van der Waals surface area contributed by atoms with Crippen molar-refractivity contribution in [2.45, 2.75) is 6.04 Å². The van der Waals surface area contributed by atoms with Gasteiger partial charge in [-0.25, -0.2) is 9.59 Å². The van der Waals surface area contributed by atoms with E-state index in [0.717, 1.165) is 5.56 Å². The Kier molecular flexibility index (Phi) is 6.43. The van der Waals surface area contributed by atoms with Crippen molar-refractivity contribution in [1.82, 2.24) is 5.32 Å². The maximum absolute atomic E-state index is 11.5. The van der Waals surface area contributed by atoms with Crippen molar-refractivity contribution in [3.63, 3.8) is 0 Å². The van der Waals surface area contributed by atoms with E-state index in [0.29, 0.717) is 5.75 Å². The molecule has 0 unspecified atom stereocenters. The summed E-state index contributed by atoms with van der Waals surface area (Å²) >= 11 is 1.29. The standard InChI is InChI=1S/C13H15NO4S/c1-17-12(15)11(14-13(16)18-2)9-19-8-10-6-4-3-5-7-10/h3-7,11H,9H2,1-2H3,(H,14,16)/t11-/m1/s1. The van der Waals surface area contributed by atoms with Crippen LogP contribution in [0, 0.1) is 5.18 Å². The summed E-state index contributed by atoms with van der Waals surface area (Å²) in [5, 5.41) is 5.47. The number of carbonyl (C=O) groups excluding carboxylic acids is 2.